The van der Waals surface area contributed by atoms with Crippen LogP contribution in [0, 0.1) is 11.3 Å². The first kappa shape index (κ1) is 17.1. The molecule has 124 valence electrons. The van der Waals surface area contributed by atoms with Gasteiger partial charge >= 0.3 is 0 Å². The monoisotopic (exact) mass is 412 g/mol. The van der Waals surface area contributed by atoms with Gasteiger partial charge in [-0.2, -0.15) is 10.4 Å². The molecule has 0 radical (unpaired) electrons. The molecule has 3 aromatic rings. The van der Waals surface area contributed by atoms with E-state index in [0.29, 0.717) is 5.01 Å². The van der Waals surface area contributed by atoms with Gasteiger partial charge in [0, 0.05) is 15.4 Å². The molecule has 0 aliphatic heterocycles. The molecule has 0 saturated heterocycles. The van der Waals surface area contributed by atoms with Crippen LogP contribution in [0.25, 0.3) is 11.3 Å². The van der Waals surface area contributed by atoms with E-state index in [1.54, 1.807) is 7.11 Å². The first-order chi connectivity index (χ1) is 12.2. The van der Waals surface area contributed by atoms with Crippen LogP contribution in [0.2, 0.25) is 0 Å². The van der Waals surface area contributed by atoms with Crippen molar-refractivity contribution in [1.29, 1.82) is 5.26 Å². The number of hydrogen-bond donors (Lipinski definition) is 1. The van der Waals surface area contributed by atoms with Crippen molar-refractivity contribution in [2.24, 2.45) is 5.10 Å². The van der Waals surface area contributed by atoms with Crippen LogP contribution >= 0.6 is 27.3 Å². The average Bonchev–Trinajstić information content (AvgIpc) is 3.14. The predicted molar refractivity (Wildman–Crippen MR) is 104 cm³/mol. The Hall–Kier alpha value is -2.69. The van der Waals surface area contributed by atoms with Gasteiger partial charge in [-0.15, -0.1) is 11.3 Å². The molecule has 7 heteroatoms. The summed E-state index contributed by atoms with van der Waals surface area (Å²) < 4.78 is 6.13. The summed E-state index contributed by atoms with van der Waals surface area (Å²) >= 11 is 4.76. The molecule has 0 saturated carbocycles. The Labute approximate surface area is 157 Å². The number of anilines is 1. The van der Waals surface area contributed by atoms with Crippen molar-refractivity contribution in [3.8, 4) is 23.1 Å². The Morgan fingerprint density at radius 1 is 1.20 bits per heavy atom. The number of thiazole rings is 1. The van der Waals surface area contributed by atoms with Crippen molar-refractivity contribution in [2.75, 3.05) is 12.5 Å². The number of ether oxygens (including phenoxy) is 1. The lowest BCUT2D eigenvalue weighted by atomic mass is 10.2. The van der Waals surface area contributed by atoms with Crippen molar-refractivity contribution in [1.82, 2.24) is 4.98 Å². The van der Waals surface area contributed by atoms with E-state index in [9.17, 15) is 5.26 Å². The summed E-state index contributed by atoms with van der Waals surface area (Å²) in [5.41, 5.74) is 5.68. The van der Waals surface area contributed by atoms with E-state index < -0.39 is 0 Å². The molecule has 2 aromatic carbocycles. The highest BCUT2D eigenvalue weighted by atomic mass is 79.9. The number of halogens is 1. The molecule has 5 nitrogen and oxygen atoms in total. The van der Waals surface area contributed by atoms with E-state index in [-0.39, 0.29) is 5.71 Å². The number of nitrogens with one attached hydrogen (secondary N) is 1. The van der Waals surface area contributed by atoms with Crippen LogP contribution in [0.1, 0.15) is 5.01 Å². The maximum absolute atomic E-state index is 9.37. The fourth-order valence-corrected chi connectivity index (χ4v) is 3.07. The Bertz CT molecular complexity index is 927. The first-order valence-electron chi connectivity index (χ1n) is 7.29. The Kier molecular flexibility index (Phi) is 5.43. The SMILES string of the molecule is COc1ccc(-c2csc(/C(C#N)=N\Nc3ccc(Br)cc3)n2)cc1. The van der Waals surface area contributed by atoms with E-state index in [4.69, 9.17) is 4.74 Å². The zero-order valence-corrected chi connectivity index (χ0v) is 15.6. The van der Waals surface area contributed by atoms with Crippen LogP contribution in [-0.4, -0.2) is 17.8 Å². The molecule has 0 bridgehead atoms. The van der Waals surface area contributed by atoms with Crippen molar-refractivity contribution >= 4 is 38.7 Å². The molecule has 1 aromatic heterocycles. The normalized spacial score (nSPS) is 11.0. The number of benzene rings is 2. The third-order valence-electron chi connectivity index (χ3n) is 3.34. The van der Waals surface area contributed by atoms with Crippen LogP contribution < -0.4 is 10.2 Å². The van der Waals surface area contributed by atoms with Gasteiger partial charge in [-0.3, -0.25) is 5.43 Å². The van der Waals surface area contributed by atoms with Crippen LogP contribution in [-0.2, 0) is 0 Å². The maximum Gasteiger partial charge on any atom is 0.196 e. The molecular weight excluding hydrogens is 400 g/mol. The molecule has 0 amide bonds. The number of nitrogens with zero attached hydrogens (tertiary/aromatic N) is 3. The van der Waals surface area contributed by atoms with E-state index in [1.807, 2.05) is 53.9 Å². The standard InChI is InChI=1S/C18H13BrN4OS/c1-24-15-8-2-12(3-9-15)17-11-25-18(21-17)16(10-20)23-22-14-6-4-13(19)5-7-14/h2-9,11,22H,1H3/b23-16-. The number of hydrogen-bond acceptors (Lipinski definition) is 6. The summed E-state index contributed by atoms with van der Waals surface area (Å²) in [6.07, 6.45) is 0. The minimum absolute atomic E-state index is 0.243. The minimum Gasteiger partial charge on any atom is -0.497 e. The topological polar surface area (TPSA) is 70.3 Å². The molecular formula is C18H13BrN4OS. The van der Waals surface area contributed by atoms with E-state index >= 15 is 0 Å². The van der Waals surface area contributed by atoms with Gasteiger partial charge in [0.15, 0.2) is 10.7 Å². The van der Waals surface area contributed by atoms with Crippen LogP contribution in [0.5, 0.6) is 5.75 Å². The zero-order chi connectivity index (χ0) is 17.6. The highest BCUT2D eigenvalue weighted by Gasteiger charge is 2.10. The lowest BCUT2D eigenvalue weighted by Crippen LogP contribution is -2.01. The molecule has 0 aliphatic rings. The summed E-state index contributed by atoms with van der Waals surface area (Å²) in [4.78, 5) is 4.51. The number of methoxy groups -OCH3 is 1. The number of rotatable bonds is 5. The van der Waals surface area contributed by atoms with Crippen molar-refractivity contribution in [3.05, 3.63) is 63.4 Å². The van der Waals surface area contributed by atoms with Gasteiger partial charge < -0.3 is 4.74 Å². The molecule has 3 rings (SSSR count). The summed E-state index contributed by atoms with van der Waals surface area (Å²) in [5, 5.41) is 16.0. The average molecular weight is 413 g/mol. The van der Waals surface area contributed by atoms with E-state index in [2.05, 4.69) is 37.5 Å². The van der Waals surface area contributed by atoms with Gasteiger partial charge in [-0.1, -0.05) is 15.9 Å². The molecule has 0 unspecified atom stereocenters. The summed E-state index contributed by atoms with van der Waals surface area (Å²) in [6, 6.07) is 17.2. The highest BCUT2D eigenvalue weighted by molar-refractivity contribution is 9.10. The number of aromatic nitrogens is 1. The van der Waals surface area contributed by atoms with Gasteiger partial charge in [-0.25, -0.2) is 4.98 Å². The van der Waals surface area contributed by atoms with E-state index in [1.165, 1.54) is 11.3 Å². The molecule has 1 N–H and O–H groups in total. The molecule has 1 heterocycles. The third kappa shape index (κ3) is 4.24. The van der Waals surface area contributed by atoms with Crippen LogP contribution in [0.3, 0.4) is 0 Å². The highest BCUT2D eigenvalue weighted by Crippen LogP contribution is 2.24. The second-order valence-electron chi connectivity index (χ2n) is 4.96. The maximum atomic E-state index is 9.37. The van der Waals surface area contributed by atoms with Gasteiger partial charge in [0.05, 0.1) is 18.5 Å². The van der Waals surface area contributed by atoms with E-state index in [0.717, 1.165) is 27.2 Å². The first-order valence-corrected chi connectivity index (χ1v) is 8.96. The van der Waals surface area contributed by atoms with Gasteiger partial charge in [0.2, 0.25) is 0 Å². The fraction of sp³-hybridized carbons (Fsp3) is 0.0556. The lowest BCUT2D eigenvalue weighted by molar-refractivity contribution is 0.415. The Morgan fingerprint density at radius 3 is 2.56 bits per heavy atom. The largest absolute Gasteiger partial charge is 0.497 e. The summed E-state index contributed by atoms with van der Waals surface area (Å²) in [7, 11) is 1.63. The molecule has 0 fully saturated rings. The number of hydrazone groups is 1. The van der Waals surface area contributed by atoms with Gasteiger partial charge in [-0.05, 0) is 48.5 Å². The van der Waals surface area contributed by atoms with Crippen molar-refractivity contribution < 1.29 is 4.74 Å². The predicted octanol–water partition coefficient (Wildman–Crippen LogP) is 4.92. The number of nitriles is 1. The van der Waals surface area contributed by atoms with Crippen molar-refractivity contribution in [3.63, 3.8) is 0 Å². The smallest absolute Gasteiger partial charge is 0.196 e. The quantitative estimate of drug-likeness (QED) is 0.476. The summed E-state index contributed by atoms with van der Waals surface area (Å²) in [5.74, 6) is 0.789. The lowest BCUT2D eigenvalue weighted by Gasteiger charge is -2.01. The fourth-order valence-electron chi connectivity index (χ4n) is 2.04. The molecule has 0 atom stereocenters. The molecule has 0 spiro atoms. The van der Waals surface area contributed by atoms with Crippen molar-refractivity contribution in [2.45, 2.75) is 0 Å². The third-order valence-corrected chi connectivity index (χ3v) is 4.72. The Morgan fingerprint density at radius 2 is 1.92 bits per heavy atom. The summed E-state index contributed by atoms with van der Waals surface area (Å²) in [6.45, 7) is 0. The second-order valence-corrected chi connectivity index (χ2v) is 6.73. The Balaban J connectivity index is 1.79. The zero-order valence-electron chi connectivity index (χ0n) is 13.2. The molecule has 25 heavy (non-hydrogen) atoms. The van der Waals surface area contributed by atoms with Gasteiger partial charge in [0.25, 0.3) is 0 Å². The van der Waals surface area contributed by atoms with Crippen LogP contribution in [0.15, 0.2) is 63.5 Å². The van der Waals surface area contributed by atoms with Crippen LogP contribution in [0.4, 0.5) is 5.69 Å². The molecule has 0 aliphatic carbocycles. The van der Waals surface area contributed by atoms with Gasteiger partial charge in [0.1, 0.15) is 11.8 Å². The second kappa shape index (κ2) is 7.92. The minimum atomic E-state index is 0.243.